The van der Waals surface area contributed by atoms with Gasteiger partial charge >= 0.3 is 0 Å². The Labute approximate surface area is 189 Å². The van der Waals surface area contributed by atoms with Gasteiger partial charge < -0.3 is 4.90 Å². The fraction of sp³-hybridized carbons (Fsp3) is 0.261. The van der Waals surface area contributed by atoms with E-state index in [-0.39, 0.29) is 5.54 Å². The first-order chi connectivity index (χ1) is 16.3. The van der Waals surface area contributed by atoms with Gasteiger partial charge in [-0.2, -0.15) is 14.8 Å². The molecule has 6 heterocycles. The van der Waals surface area contributed by atoms with Crippen LogP contribution in [-0.4, -0.2) is 51.0 Å². The van der Waals surface area contributed by atoms with E-state index in [0.29, 0.717) is 11.8 Å². The van der Waals surface area contributed by atoms with E-state index in [1.54, 1.807) is 17.2 Å². The number of hydrogen-bond donors (Lipinski definition) is 0. The third-order valence-electron chi connectivity index (χ3n) is 6.91. The molecule has 1 aromatic carbocycles. The standard InChI is InChI=1S/C23H20N10/c1-2-23-9-5-11-32(23)20-18(31-14-27-30-21(23)31)12-25-22(29-20)33-19(26-13-28-33)16-6-3-8-17-15(16)7-4-10-24-17/h3-4,6-8,10,12-14H,2,5,9,11H2,1H3/t23-/m0/s1. The van der Waals surface area contributed by atoms with E-state index in [1.165, 1.54) is 6.33 Å². The van der Waals surface area contributed by atoms with Gasteiger partial charge in [0.05, 0.1) is 11.7 Å². The molecule has 2 aliphatic rings. The lowest BCUT2D eigenvalue weighted by Crippen LogP contribution is -2.46. The van der Waals surface area contributed by atoms with Gasteiger partial charge in [-0.05, 0) is 31.4 Å². The second-order valence-corrected chi connectivity index (χ2v) is 8.41. The molecule has 33 heavy (non-hydrogen) atoms. The highest BCUT2D eigenvalue weighted by Gasteiger charge is 2.49. The van der Waals surface area contributed by atoms with Crippen LogP contribution in [0, 0.1) is 0 Å². The van der Waals surface area contributed by atoms with Crippen LogP contribution >= 0.6 is 0 Å². The second kappa shape index (κ2) is 6.64. The summed E-state index contributed by atoms with van der Waals surface area (Å²) in [5.74, 6) is 3.01. The van der Waals surface area contributed by atoms with E-state index in [1.807, 2.05) is 41.1 Å². The van der Waals surface area contributed by atoms with Gasteiger partial charge in [0.1, 0.15) is 23.9 Å². The summed E-state index contributed by atoms with van der Waals surface area (Å²) in [4.78, 5) is 21.1. The van der Waals surface area contributed by atoms with Crippen molar-refractivity contribution in [3.05, 3.63) is 61.2 Å². The molecule has 162 valence electrons. The van der Waals surface area contributed by atoms with Gasteiger partial charge in [-0.1, -0.05) is 25.1 Å². The molecule has 0 bridgehead atoms. The summed E-state index contributed by atoms with van der Waals surface area (Å²) in [7, 11) is 0. The average Bonchev–Trinajstić information content (AvgIpc) is 3.63. The fourth-order valence-corrected chi connectivity index (χ4v) is 5.37. The lowest BCUT2D eigenvalue weighted by atomic mass is 9.90. The summed E-state index contributed by atoms with van der Waals surface area (Å²) in [5, 5.41) is 14.2. The zero-order valence-corrected chi connectivity index (χ0v) is 18.0. The van der Waals surface area contributed by atoms with Crippen LogP contribution in [-0.2, 0) is 5.54 Å². The van der Waals surface area contributed by atoms with Gasteiger partial charge in [0.2, 0.25) is 0 Å². The van der Waals surface area contributed by atoms with Crippen LogP contribution in [0.5, 0.6) is 0 Å². The average molecular weight is 436 g/mol. The van der Waals surface area contributed by atoms with Crippen molar-refractivity contribution in [2.75, 3.05) is 11.4 Å². The van der Waals surface area contributed by atoms with Crippen LogP contribution in [0.3, 0.4) is 0 Å². The maximum Gasteiger partial charge on any atom is 0.254 e. The summed E-state index contributed by atoms with van der Waals surface area (Å²) >= 11 is 0. The monoisotopic (exact) mass is 436 g/mol. The molecule has 0 unspecified atom stereocenters. The first-order valence-electron chi connectivity index (χ1n) is 11.1. The highest BCUT2D eigenvalue weighted by Crippen LogP contribution is 2.48. The smallest absolute Gasteiger partial charge is 0.254 e. The molecule has 0 aliphatic carbocycles. The number of nitrogens with zero attached hydrogens (tertiary/aromatic N) is 10. The molecule has 10 nitrogen and oxygen atoms in total. The molecule has 4 aromatic heterocycles. The molecule has 1 atom stereocenters. The molecule has 0 amide bonds. The van der Waals surface area contributed by atoms with E-state index in [9.17, 15) is 0 Å². The van der Waals surface area contributed by atoms with Gasteiger partial charge in [0.25, 0.3) is 5.95 Å². The minimum absolute atomic E-state index is 0.193. The van der Waals surface area contributed by atoms with Crippen molar-refractivity contribution in [3.63, 3.8) is 0 Å². The van der Waals surface area contributed by atoms with Crippen LogP contribution in [0.15, 0.2) is 55.4 Å². The van der Waals surface area contributed by atoms with Crippen LogP contribution in [0.2, 0.25) is 0 Å². The number of fused-ring (bicyclic) bond motifs is 7. The molecule has 0 radical (unpaired) electrons. The normalized spacial score (nSPS) is 18.9. The fourth-order valence-electron chi connectivity index (χ4n) is 5.37. The maximum atomic E-state index is 5.02. The molecule has 1 saturated heterocycles. The van der Waals surface area contributed by atoms with Crippen molar-refractivity contribution < 1.29 is 0 Å². The van der Waals surface area contributed by atoms with Gasteiger partial charge in [-0.3, -0.25) is 9.55 Å². The Morgan fingerprint density at radius 1 is 1.09 bits per heavy atom. The number of anilines is 1. The molecule has 0 saturated carbocycles. The second-order valence-electron chi connectivity index (χ2n) is 8.41. The van der Waals surface area contributed by atoms with Crippen molar-refractivity contribution in [2.24, 2.45) is 0 Å². The zero-order valence-electron chi connectivity index (χ0n) is 18.0. The topological polar surface area (TPSA) is 103 Å². The highest BCUT2D eigenvalue weighted by atomic mass is 15.4. The molecule has 10 heteroatoms. The highest BCUT2D eigenvalue weighted by molar-refractivity contribution is 5.92. The SMILES string of the molecule is CC[C@@]12CCCN1c1nc(-n3ncnc3-c3cccc4ncccc34)ncc1-n1cnnc12. The van der Waals surface area contributed by atoms with E-state index >= 15 is 0 Å². The number of rotatable bonds is 3. The Kier molecular flexibility index (Phi) is 3.70. The minimum Gasteiger partial charge on any atom is -0.342 e. The molecule has 0 N–H and O–H groups in total. The largest absolute Gasteiger partial charge is 0.342 e. The Bertz CT molecular complexity index is 1510. The van der Waals surface area contributed by atoms with Crippen molar-refractivity contribution in [1.29, 1.82) is 0 Å². The minimum atomic E-state index is -0.193. The van der Waals surface area contributed by atoms with E-state index in [0.717, 1.165) is 59.6 Å². The maximum absolute atomic E-state index is 5.02. The molecule has 2 aliphatic heterocycles. The molecule has 5 aromatic rings. The molecule has 0 spiro atoms. The molecule has 1 fully saturated rings. The Hall–Kier alpha value is -4.21. The number of pyridine rings is 1. The van der Waals surface area contributed by atoms with Crippen LogP contribution < -0.4 is 4.90 Å². The van der Waals surface area contributed by atoms with Gasteiger partial charge in [-0.25, -0.2) is 9.97 Å². The summed E-state index contributed by atoms with van der Waals surface area (Å²) < 4.78 is 3.73. The van der Waals surface area contributed by atoms with Crippen LogP contribution in [0.25, 0.3) is 33.9 Å². The van der Waals surface area contributed by atoms with Crippen molar-refractivity contribution >= 4 is 16.7 Å². The van der Waals surface area contributed by atoms with E-state index in [2.05, 4.69) is 42.1 Å². The number of aromatic nitrogens is 9. The molecular weight excluding hydrogens is 416 g/mol. The lowest BCUT2D eigenvalue weighted by Gasteiger charge is -2.42. The Morgan fingerprint density at radius 3 is 3.00 bits per heavy atom. The van der Waals surface area contributed by atoms with Crippen LogP contribution in [0.4, 0.5) is 5.82 Å². The van der Waals surface area contributed by atoms with Crippen molar-refractivity contribution in [1.82, 2.24) is 44.5 Å². The molecular formula is C23H20N10. The third kappa shape index (κ3) is 2.40. The Balaban J connectivity index is 1.42. The summed E-state index contributed by atoms with van der Waals surface area (Å²) in [5.41, 5.74) is 2.54. The predicted octanol–water partition coefficient (Wildman–Crippen LogP) is 3.07. The van der Waals surface area contributed by atoms with Crippen molar-refractivity contribution in [3.8, 4) is 23.0 Å². The Morgan fingerprint density at radius 2 is 2.06 bits per heavy atom. The van der Waals surface area contributed by atoms with Crippen molar-refractivity contribution in [2.45, 2.75) is 31.7 Å². The third-order valence-corrected chi connectivity index (χ3v) is 6.91. The van der Waals surface area contributed by atoms with Crippen LogP contribution in [0.1, 0.15) is 32.0 Å². The van der Waals surface area contributed by atoms with Gasteiger partial charge in [-0.15, -0.1) is 10.2 Å². The van der Waals surface area contributed by atoms with Gasteiger partial charge in [0, 0.05) is 23.7 Å². The molecule has 7 rings (SSSR count). The number of benzene rings is 1. The van der Waals surface area contributed by atoms with E-state index in [4.69, 9.17) is 4.98 Å². The summed E-state index contributed by atoms with van der Waals surface area (Å²) in [6, 6.07) is 9.96. The summed E-state index contributed by atoms with van der Waals surface area (Å²) in [6.07, 6.45) is 9.96. The predicted molar refractivity (Wildman–Crippen MR) is 121 cm³/mol. The summed E-state index contributed by atoms with van der Waals surface area (Å²) in [6.45, 7) is 3.12. The lowest BCUT2D eigenvalue weighted by molar-refractivity contribution is 0.381. The zero-order chi connectivity index (χ0) is 22.0. The first-order valence-corrected chi connectivity index (χ1v) is 11.1. The first kappa shape index (κ1) is 18.4. The van der Waals surface area contributed by atoms with Gasteiger partial charge in [0.15, 0.2) is 17.5 Å². The quantitative estimate of drug-likeness (QED) is 0.425. The number of hydrogen-bond acceptors (Lipinski definition) is 8. The van der Waals surface area contributed by atoms with E-state index < -0.39 is 0 Å².